The monoisotopic (exact) mass is 463 g/mol. The van der Waals surface area contributed by atoms with Gasteiger partial charge in [0.25, 0.3) is 5.91 Å². The van der Waals surface area contributed by atoms with Crippen molar-refractivity contribution in [2.75, 3.05) is 20.3 Å². The summed E-state index contributed by atoms with van der Waals surface area (Å²) in [5, 5.41) is 5.56. The molecule has 3 rings (SSSR count). The number of hydrogen-bond donors (Lipinski definition) is 2. The third kappa shape index (κ3) is 4.62. The molecular weight excluding hydrogens is 441 g/mol. The second-order valence-electron chi connectivity index (χ2n) is 7.27. The van der Waals surface area contributed by atoms with Crippen LogP contribution in [0.3, 0.4) is 0 Å². The number of amides is 4. The molecule has 0 bridgehead atoms. The summed E-state index contributed by atoms with van der Waals surface area (Å²) in [5.41, 5.74) is -0.325. The van der Waals surface area contributed by atoms with E-state index in [9.17, 15) is 18.8 Å². The summed E-state index contributed by atoms with van der Waals surface area (Å²) >= 11 is 6.24. The van der Waals surface area contributed by atoms with Gasteiger partial charge in [0.05, 0.1) is 18.7 Å². The molecule has 1 heterocycles. The molecule has 0 saturated carbocycles. The van der Waals surface area contributed by atoms with Gasteiger partial charge >= 0.3 is 6.03 Å². The normalized spacial score (nSPS) is 17.8. The average molecular weight is 464 g/mol. The number of benzene rings is 2. The number of ether oxygens (including phenoxy) is 2. The van der Waals surface area contributed by atoms with Gasteiger partial charge < -0.3 is 20.1 Å². The minimum atomic E-state index is -1.39. The van der Waals surface area contributed by atoms with Crippen LogP contribution in [0.1, 0.15) is 25.0 Å². The lowest BCUT2D eigenvalue weighted by Crippen LogP contribution is -2.43. The predicted octanol–water partition coefficient (Wildman–Crippen LogP) is 2.97. The first-order chi connectivity index (χ1) is 15.2. The second kappa shape index (κ2) is 9.44. The Balaban J connectivity index is 1.66. The van der Waals surface area contributed by atoms with Gasteiger partial charge in [-0.15, -0.1) is 0 Å². The lowest BCUT2D eigenvalue weighted by molar-refractivity contribution is -0.134. The lowest BCUT2D eigenvalue weighted by atomic mass is 9.92. The highest BCUT2D eigenvalue weighted by Crippen LogP contribution is 2.36. The maximum absolute atomic E-state index is 13.2. The Bertz CT molecular complexity index is 1050. The molecule has 1 atom stereocenters. The fraction of sp³-hybridized carbons (Fsp3) is 0.318. The summed E-state index contributed by atoms with van der Waals surface area (Å²) in [6, 6.07) is 7.84. The first-order valence-electron chi connectivity index (χ1n) is 9.85. The zero-order chi connectivity index (χ0) is 23.5. The van der Waals surface area contributed by atoms with E-state index in [0.717, 1.165) is 4.90 Å². The Morgan fingerprint density at radius 2 is 1.94 bits per heavy atom. The van der Waals surface area contributed by atoms with Crippen LogP contribution in [0.4, 0.5) is 9.18 Å². The second-order valence-corrected chi connectivity index (χ2v) is 7.68. The maximum Gasteiger partial charge on any atom is 0.325 e. The summed E-state index contributed by atoms with van der Waals surface area (Å²) in [6.45, 7) is 3.37. The van der Waals surface area contributed by atoms with Crippen LogP contribution >= 0.6 is 11.6 Å². The summed E-state index contributed by atoms with van der Waals surface area (Å²) in [7, 11) is 1.48. The largest absolute Gasteiger partial charge is 0.493 e. The van der Waals surface area contributed by atoms with Gasteiger partial charge in [0.2, 0.25) is 5.91 Å². The van der Waals surface area contributed by atoms with Crippen LogP contribution in [0.25, 0.3) is 0 Å². The van der Waals surface area contributed by atoms with E-state index in [1.807, 2.05) is 6.92 Å². The van der Waals surface area contributed by atoms with Crippen LogP contribution < -0.4 is 20.1 Å². The number of urea groups is 1. The van der Waals surface area contributed by atoms with Gasteiger partial charge in [-0.05, 0) is 49.2 Å². The van der Waals surface area contributed by atoms with Crippen molar-refractivity contribution < 1.29 is 28.2 Å². The first-order valence-corrected chi connectivity index (χ1v) is 10.2. The molecule has 1 unspecified atom stereocenters. The standard InChI is InChI=1S/C22H23ClFN3O5/c1-4-32-19-16(23)9-13(10-17(19)31-3)11-25-18(28)12-27-20(29)22(2,26-21(27)30)14-5-7-15(24)8-6-14/h5-10H,4,11-12H2,1-3H3,(H,25,28)(H,26,30). The molecule has 2 aromatic rings. The molecule has 1 aliphatic rings. The smallest absolute Gasteiger partial charge is 0.325 e. The Morgan fingerprint density at radius 1 is 1.25 bits per heavy atom. The van der Waals surface area contributed by atoms with Crippen molar-refractivity contribution >= 4 is 29.4 Å². The average Bonchev–Trinajstić information content (AvgIpc) is 2.98. The zero-order valence-corrected chi connectivity index (χ0v) is 18.6. The molecule has 0 aliphatic carbocycles. The number of nitrogens with one attached hydrogen (secondary N) is 2. The number of rotatable bonds is 8. The Kier molecular flexibility index (Phi) is 6.88. The fourth-order valence-electron chi connectivity index (χ4n) is 3.38. The van der Waals surface area contributed by atoms with Crippen LogP contribution in [-0.4, -0.2) is 43.0 Å². The van der Waals surface area contributed by atoms with Gasteiger partial charge in [0.15, 0.2) is 11.5 Å². The minimum absolute atomic E-state index is 0.0974. The molecule has 0 aromatic heterocycles. The van der Waals surface area contributed by atoms with Gasteiger partial charge in [-0.25, -0.2) is 9.18 Å². The Hall–Kier alpha value is -3.33. The van der Waals surface area contributed by atoms with E-state index in [4.69, 9.17) is 21.1 Å². The van der Waals surface area contributed by atoms with Gasteiger partial charge in [0.1, 0.15) is 17.9 Å². The van der Waals surface area contributed by atoms with E-state index in [0.29, 0.717) is 34.3 Å². The van der Waals surface area contributed by atoms with Gasteiger partial charge in [-0.2, -0.15) is 0 Å². The highest BCUT2D eigenvalue weighted by atomic mass is 35.5. The number of imide groups is 1. The summed E-state index contributed by atoms with van der Waals surface area (Å²) in [6.07, 6.45) is 0. The molecular formula is C22H23ClFN3O5. The number of halogens is 2. The number of carbonyl (C=O) groups is 3. The van der Waals surface area contributed by atoms with Crippen LogP contribution in [0.5, 0.6) is 11.5 Å². The van der Waals surface area contributed by atoms with Gasteiger partial charge in [-0.3, -0.25) is 14.5 Å². The molecule has 1 fully saturated rings. The van der Waals surface area contributed by atoms with Crippen molar-refractivity contribution in [3.63, 3.8) is 0 Å². The van der Waals surface area contributed by atoms with Crippen LogP contribution in [-0.2, 0) is 21.7 Å². The molecule has 32 heavy (non-hydrogen) atoms. The molecule has 0 spiro atoms. The number of methoxy groups -OCH3 is 1. The van der Waals surface area contributed by atoms with Crippen molar-refractivity contribution in [3.8, 4) is 11.5 Å². The molecule has 4 amide bonds. The van der Waals surface area contributed by atoms with Crippen molar-refractivity contribution in [2.24, 2.45) is 0 Å². The highest BCUT2D eigenvalue weighted by Gasteiger charge is 2.49. The number of nitrogens with zero attached hydrogens (tertiary/aromatic N) is 1. The van der Waals surface area contributed by atoms with Gasteiger partial charge in [-0.1, -0.05) is 23.7 Å². The molecule has 2 aromatic carbocycles. The predicted molar refractivity (Wildman–Crippen MR) is 115 cm³/mol. The number of carbonyl (C=O) groups excluding carboxylic acids is 3. The fourth-order valence-corrected chi connectivity index (χ4v) is 3.67. The maximum atomic E-state index is 13.2. The Labute approximate surface area is 189 Å². The van der Waals surface area contributed by atoms with E-state index in [2.05, 4.69) is 10.6 Å². The molecule has 1 aliphatic heterocycles. The third-order valence-electron chi connectivity index (χ3n) is 5.07. The van der Waals surface area contributed by atoms with Crippen molar-refractivity contribution in [2.45, 2.75) is 25.9 Å². The third-order valence-corrected chi connectivity index (χ3v) is 5.35. The Morgan fingerprint density at radius 3 is 2.56 bits per heavy atom. The topological polar surface area (TPSA) is 97.0 Å². The van der Waals surface area contributed by atoms with Crippen molar-refractivity contribution in [1.29, 1.82) is 0 Å². The van der Waals surface area contributed by atoms with Gasteiger partial charge in [0, 0.05) is 6.54 Å². The van der Waals surface area contributed by atoms with Crippen molar-refractivity contribution in [1.82, 2.24) is 15.5 Å². The van der Waals surface area contributed by atoms with Crippen LogP contribution in [0.15, 0.2) is 36.4 Å². The summed E-state index contributed by atoms with van der Waals surface area (Å²) < 4.78 is 24.0. The number of hydrogen-bond acceptors (Lipinski definition) is 5. The van der Waals surface area contributed by atoms with E-state index in [1.165, 1.54) is 38.3 Å². The molecule has 2 N–H and O–H groups in total. The van der Waals surface area contributed by atoms with Crippen molar-refractivity contribution in [3.05, 3.63) is 58.4 Å². The molecule has 170 valence electrons. The summed E-state index contributed by atoms with van der Waals surface area (Å²) in [5.74, 6) is -0.772. The quantitative estimate of drug-likeness (QED) is 0.587. The van der Waals surface area contributed by atoms with E-state index < -0.39 is 35.7 Å². The van der Waals surface area contributed by atoms with E-state index >= 15 is 0 Å². The van der Waals surface area contributed by atoms with Crippen LogP contribution in [0.2, 0.25) is 5.02 Å². The zero-order valence-electron chi connectivity index (χ0n) is 17.8. The van der Waals surface area contributed by atoms with Crippen LogP contribution in [0, 0.1) is 5.82 Å². The summed E-state index contributed by atoms with van der Waals surface area (Å²) in [4.78, 5) is 38.5. The molecule has 1 saturated heterocycles. The molecule has 10 heteroatoms. The van der Waals surface area contributed by atoms with E-state index in [1.54, 1.807) is 12.1 Å². The molecule has 8 nitrogen and oxygen atoms in total. The minimum Gasteiger partial charge on any atom is -0.493 e. The highest BCUT2D eigenvalue weighted by molar-refractivity contribution is 6.32. The van der Waals surface area contributed by atoms with E-state index in [-0.39, 0.29) is 6.54 Å². The lowest BCUT2D eigenvalue weighted by Gasteiger charge is -2.22. The molecule has 0 radical (unpaired) electrons. The first kappa shape index (κ1) is 23.3. The SMILES string of the molecule is CCOc1c(Cl)cc(CNC(=O)CN2C(=O)NC(C)(c3ccc(F)cc3)C2=O)cc1OC.